The lowest BCUT2D eigenvalue weighted by molar-refractivity contribution is -0.144. The van der Waals surface area contributed by atoms with Crippen LogP contribution in [0.2, 0.25) is 0 Å². The molecule has 18 nitrogen and oxygen atoms in total. The second-order valence-corrected chi connectivity index (χ2v) is 15.1. The number of alkyl halides is 1. The number of esters is 2. The van der Waals surface area contributed by atoms with Gasteiger partial charge in [-0.25, -0.2) is 9.18 Å². The highest BCUT2D eigenvalue weighted by molar-refractivity contribution is 6.09. The highest BCUT2D eigenvalue weighted by Gasteiger charge is 2.35. The lowest BCUT2D eigenvalue weighted by atomic mass is 9.89. The van der Waals surface area contributed by atoms with E-state index in [-0.39, 0.29) is 52.2 Å². The van der Waals surface area contributed by atoms with Gasteiger partial charge in [-0.15, -0.1) is 0 Å². The second-order valence-electron chi connectivity index (χ2n) is 15.1. The third kappa shape index (κ3) is 12.0. The Kier molecular flexibility index (Phi) is 16.6. The van der Waals surface area contributed by atoms with E-state index >= 15 is 0 Å². The van der Waals surface area contributed by atoms with E-state index in [1.165, 1.54) is 54.6 Å². The first-order valence-electron chi connectivity index (χ1n) is 19.8. The molecule has 63 heavy (non-hydrogen) atoms. The summed E-state index contributed by atoms with van der Waals surface area (Å²) in [4.78, 5) is 117. The molecule has 2 aromatic rings. The highest BCUT2D eigenvalue weighted by Crippen LogP contribution is 2.42. The van der Waals surface area contributed by atoms with Crippen LogP contribution in [0.3, 0.4) is 0 Å². The van der Waals surface area contributed by atoms with Crippen LogP contribution in [0.1, 0.15) is 74.1 Å². The average Bonchev–Trinajstić information content (AvgIpc) is 3.25. The number of nitrogens with one attached hydrogen (secondary N) is 4. The number of Topliss-reactive ketones (excluding diaryl/α,β-unsaturated/α-hetero) is 1. The Hall–Kier alpha value is -7.18. The summed E-state index contributed by atoms with van der Waals surface area (Å²) in [7, 11) is 2.16. The van der Waals surface area contributed by atoms with E-state index in [0.717, 1.165) is 14.2 Å². The lowest BCUT2D eigenvalue weighted by Gasteiger charge is -2.29. The van der Waals surface area contributed by atoms with E-state index in [9.17, 15) is 57.8 Å². The standard InChI is InChI=1S/C44H49FN4O14/c1-7-22(4)39(43(58)47-31(32(52)20-45)19-36(54)62-6)49-41(56)30(14-15-35(53)61-5)46-42(57)38(21(2)3)48-40(55)23-8-11-26(44(59)60)29(16-23)37-27-12-9-24(50)17-33(27)63-34-18-25(51)10-13-28(34)37/h8-13,16-18,21-22,30-31,38-39,50H,7,14-15,19-20H2,1-6H3,(H,46,57)(H,47,58)(H,48,55)(H,49,56)(H,59,60)/t22-,30-,31+,38-,39-/m0/s1. The number of methoxy groups -OCH3 is 2. The quantitative estimate of drug-likeness (QED) is 0.0550. The predicted molar refractivity (Wildman–Crippen MR) is 223 cm³/mol. The fraction of sp³-hybridized carbons (Fsp3) is 0.386. The Morgan fingerprint density at radius 2 is 1.43 bits per heavy atom. The van der Waals surface area contributed by atoms with Gasteiger partial charge in [-0.3, -0.25) is 38.4 Å². The Labute approximate surface area is 360 Å². The molecule has 0 fully saturated rings. The molecular weight excluding hydrogens is 827 g/mol. The summed E-state index contributed by atoms with van der Waals surface area (Å²) < 4.78 is 28.5. The number of rotatable bonds is 20. The molecule has 6 N–H and O–H groups in total. The van der Waals surface area contributed by atoms with E-state index in [0.29, 0.717) is 17.4 Å². The van der Waals surface area contributed by atoms with Gasteiger partial charge in [0.25, 0.3) is 5.91 Å². The molecule has 336 valence electrons. The molecule has 1 aliphatic carbocycles. The van der Waals surface area contributed by atoms with Crippen molar-refractivity contribution in [1.29, 1.82) is 0 Å². The first kappa shape index (κ1) is 48.5. The SMILES string of the molecule is CC[C@H](C)[C@H](NC(=O)[C@H](CCC(=O)OC)NC(=O)[C@@H](NC(=O)c1ccc(C(=O)O)c(-c2c3ccc(=O)cc-3oc3cc(O)ccc23)c1)C(C)C)C(=O)N[C@H](CC(=O)OC)C(=O)CF. The van der Waals surface area contributed by atoms with Gasteiger partial charge in [0.05, 0.1) is 26.2 Å². The normalized spacial score (nSPS) is 13.5. The van der Waals surface area contributed by atoms with Gasteiger partial charge in [0.1, 0.15) is 47.9 Å². The molecule has 0 unspecified atom stereocenters. The van der Waals surface area contributed by atoms with Crippen molar-refractivity contribution in [3.8, 4) is 28.2 Å². The number of carbonyl (C=O) groups is 8. The van der Waals surface area contributed by atoms with Crippen molar-refractivity contribution in [3.63, 3.8) is 0 Å². The molecule has 2 aromatic carbocycles. The molecule has 0 spiro atoms. The Bertz CT molecular complexity index is 2430. The summed E-state index contributed by atoms with van der Waals surface area (Å²) in [5, 5.41) is 30.8. The molecule has 4 amide bonds. The summed E-state index contributed by atoms with van der Waals surface area (Å²) in [6.45, 7) is 5.01. The maximum atomic E-state index is 14.0. The minimum Gasteiger partial charge on any atom is -0.508 e. The lowest BCUT2D eigenvalue weighted by Crippen LogP contribution is -2.59. The van der Waals surface area contributed by atoms with Crippen molar-refractivity contribution in [3.05, 3.63) is 75.9 Å². The summed E-state index contributed by atoms with van der Waals surface area (Å²) in [5.41, 5.74) is 0.0339. The van der Waals surface area contributed by atoms with Gasteiger partial charge < -0.3 is 45.4 Å². The number of amides is 4. The number of carboxylic acids is 1. The van der Waals surface area contributed by atoms with Crippen molar-refractivity contribution in [1.82, 2.24) is 21.3 Å². The van der Waals surface area contributed by atoms with Crippen LogP contribution in [0, 0.1) is 11.8 Å². The number of aromatic hydroxyl groups is 1. The number of ether oxygens (including phenoxy) is 2. The maximum absolute atomic E-state index is 14.0. The number of phenolic OH excluding ortho intramolecular Hbond substituents is 1. The third-order valence-electron chi connectivity index (χ3n) is 10.4. The molecule has 1 heterocycles. The topological polar surface area (TPSA) is 274 Å². The third-order valence-corrected chi connectivity index (χ3v) is 10.4. The fourth-order valence-electron chi connectivity index (χ4n) is 6.69. The first-order chi connectivity index (χ1) is 29.8. The molecule has 2 aliphatic rings. The molecule has 0 radical (unpaired) electrons. The molecule has 5 atom stereocenters. The van der Waals surface area contributed by atoms with Crippen molar-refractivity contribution in [2.24, 2.45) is 11.8 Å². The van der Waals surface area contributed by atoms with Gasteiger partial charge in [0.2, 0.25) is 17.7 Å². The van der Waals surface area contributed by atoms with Crippen LogP contribution >= 0.6 is 0 Å². The van der Waals surface area contributed by atoms with Crippen molar-refractivity contribution in [2.45, 2.75) is 77.5 Å². The molecule has 0 aromatic heterocycles. The molecule has 19 heteroatoms. The van der Waals surface area contributed by atoms with Crippen LogP contribution in [-0.2, 0) is 38.2 Å². The number of ketones is 1. The Morgan fingerprint density at radius 3 is 2.05 bits per heavy atom. The van der Waals surface area contributed by atoms with Crippen LogP contribution in [0.4, 0.5) is 4.39 Å². The van der Waals surface area contributed by atoms with Crippen LogP contribution in [0.5, 0.6) is 5.75 Å². The summed E-state index contributed by atoms with van der Waals surface area (Å²) in [5.74, 6) is -9.02. The van der Waals surface area contributed by atoms with Crippen molar-refractivity contribution < 1.29 is 66.9 Å². The molecule has 1 aliphatic heterocycles. The van der Waals surface area contributed by atoms with Gasteiger partial charge >= 0.3 is 17.9 Å². The minimum absolute atomic E-state index is 0.0426. The highest BCUT2D eigenvalue weighted by atomic mass is 19.1. The van der Waals surface area contributed by atoms with E-state index in [1.807, 2.05) is 0 Å². The Balaban J connectivity index is 1.67. The van der Waals surface area contributed by atoms with Gasteiger partial charge in [0, 0.05) is 40.6 Å². The number of carbonyl (C=O) groups excluding carboxylic acids is 7. The number of hydrogen-bond donors (Lipinski definition) is 6. The summed E-state index contributed by atoms with van der Waals surface area (Å²) in [6.07, 6.45) is -1.07. The number of hydrogen-bond acceptors (Lipinski definition) is 13. The van der Waals surface area contributed by atoms with Crippen LogP contribution in [0.15, 0.2) is 63.8 Å². The Morgan fingerprint density at radius 1 is 0.762 bits per heavy atom. The van der Waals surface area contributed by atoms with Crippen LogP contribution in [0.25, 0.3) is 33.4 Å². The van der Waals surface area contributed by atoms with E-state index in [4.69, 9.17) is 9.15 Å². The fourth-order valence-corrected chi connectivity index (χ4v) is 6.69. The van der Waals surface area contributed by atoms with Crippen LogP contribution < -0.4 is 26.7 Å². The zero-order chi connectivity index (χ0) is 46.7. The molecular formula is C44H49FN4O14. The zero-order valence-electron chi connectivity index (χ0n) is 35.4. The van der Waals surface area contributed by atoms with Crippen molar-refractivity contribution >= 4 is 58.3 Å². The monoisotopic (exact) mass is 876 g/mol. The molecule has 0 saturated carbocycles. The largest absolute Gasteiger partial charge is 0.508 e. The number of phenols is 1. The summed E-state index contributed by atoms with van der Waals surface area (Å²) >= 11 is 0. The number of halogens is 1. The van der Waals surface area contributed by atoms with Crippen molar-refractivity contribution in [2.75, 3.05) is 20.9 Å². The summed E-state index contributed by atoms with van der Waals surface area (Å²) in [6, 6.07) is 5.93. The average molecular weight is 877 g/mol. The van der Waals surface area contributed by atoms with E-state index < -0.39 is 102 Å². The number of benzene rings is 3. The van der Waals surface area contributed by atoms with E-state index in [1.54, 1.807) is 27.7 Å². The van der Waals surface area contributed by atoms with Gasteiger partial charge in [-0.1, -0.05) is 34.1 Å². The zero-order valence-corrected chi connectivity index (χ0v) is 35.4. The molecule has 4 rings (SSSR count). The van der Waals surface area contributed by atoms with Crippen LogP contribution in [-0.4, -0.2) is 103 Å². The predicted octanol–water partition coefficient (Wildman–Crippen LogP) is 3.28. The first-order valence-corrected chi connectivity index (χ1v) is 19.8. The second kappa shape index (κ2) is 21.6. The smallest absolute Gasteiger partial charge is 0.336 e. The molecule has 0 bridgehead atoms. The number of carboxylic acid groups (broad SMARTS) is 1. The number of fused-ring (bicyclic) bond motifs is 2. The van der Waals surface area contributed by atoms with Gasteiger partial charge in [-0.05, 0) is 66.3 Å². The number of aromatic carboxylic acids is 1. The minimum atomic E-state index is -1.61. The van der Waals surface area contributed by atoms with Gasteiger partial charge in [0.15, 0.2) is 11.2 Å². The maximum Gasteiger partial charge on any atom is 0.336 e. The van der Waals surface area contributed by atoms with E-state index in [2.05, 4.69) is 26.0 Å². The van der Waals surface area contributed by atoms with Gasteiger partial charge in [-0.2, -0.15) is 0 Å². The molecule has 0 saturated heterocycles.